The molecule has 0 fully saturated rings. The van der Waals surface area contributed by atoms with Crippen molar-refractivity contribution in [2.75, 3.05) is 39.6 Å². The Morgan fingerprint density at radius 3 is 0.784 bits per heavy atom. The molecule has 19 heteroatoms. The van der Waals surface area contributed by atoms with Gasteiger partial charge >= 0.3 is 39.5 Å². The molecule has 102 heavy (non-hydrogen) atoms. The highest BCUT2D eigenvalue weighted by molar-refractivity contribution is 7.47. The molecule has 0 saturated heterocycles. The number of unbranched alkanes of at least 4 members (excludes halogenated alkanes) is 40. The average molecular weight is 1480 g/mol. The normalized spacial score (nSPS) is 14.2. The molecule has 5 atom stereocenters. The molecule has 0 aliphatic carbocycles. The van der Waals surface area contributed by atoms with Gasteiger partial charge in [-0.1, -0.05) is 357 Å². The number of esters is 4. The Kier molecular flexibility index (Phi) is 73.1. The second kappa shape index (κ2) is 75.7. The maximum absolute atomic E-state index is 13.1. The molecule has 0 amide bonds. The number of phosphoric acid groups is 2. The third-order valence-corrected chi connectivity index (χ3v) is 19.6. The number of hydrogen-bond acceptors (Lipinski definition) is 15. The Labute approximate surface area is 622 Å². The lowest BCUT2D eigenvalue weighted by Gasteiger charge is -2.21. The van der Waals surface area contributed by atoms with Crippen molar-refractivity contribution in [1.82, 2.24) is 0 Å². The van der Waals surface area contributed by atoms with Crippen molar-refractivity contribution < 1.29 is 80.2 Å². The van der Waals surface area contributed by atoms with E-state index in [4.69, 9.17) is 37.0 Å². The minimum Gasteiger partial charge on any atom is -0.462 e. The lowest BCUT2D eigenvalue weighted by atomic mass is 10.0. The van der Waals surface area contributed by atoms with Gasteiger partial charge in [-0.25, -0.2) is 9.13 Å². The smallest absolute Gasteiger partial charge is 0.462 e. The minimum absolute atomic E-state index is 0.0257. The van der Waals surface area contributed by atoms with Crippen LogP contribution < -0.4 is 0 Å². The number of carbonyl (C=O) groups is 4. The zero-order chi connectivity index (χ0) is 74.6. The highest BCUT2D eigenvalue weighted by Gasteiger charge is 2.30. The van der Waals surface area contributed by atoms with E-state index in [0.717, 1.165) is 96.3 Å². The van der Waals surface area contributed by atoms with E-state index >= 15 is 0 Å². The van der Waals surface area contributed by atoms with Crippen LogP contribution in [-0.4, -0.2) is 96.7 Å². The van der Waals surface area contributed by atoms with Crippen molar-refractivity contribution in [3.63, 3.8) is 0 Å². The molecular formula is C83H150O17P2. The van der Waals surface area contributed by atoms with Crippen molar-refractivity contribution >= 4 is 39.5 Å². The summed E-state index contributed by atoms with van der Waals surface area (Å²) < 4.78 is 68.6. The summed E-state index contributed by atoms with van der Waals surface area (Å²) in [5.74, 6) is -2.23. The Hall–Kier alpha value is -3.50. The van der Waals surface area contributed by atoms with Gasteiger partial charge in [-0.2, -0.15) is 0 Å². The number of allylic oxidation sites excluding steroid dienone is 12. The SMILES string of the molecule is CC/C=C\C/C=C\C/C=C\C/C=C\C/C=C\C/C=C\CCC(=O)O[C@H](COC(=O)CCCCCCCCCCCCCCCCC)COP(=O)(O)OC[C@@H](O)COP(=O)(O)OC[C@@H](COC(=O)CCCCCCCCCCCCCCC)OC(=O)CCCCCCCCCCCCCCCCC. The van der Waals surface area contributed by atoms with Crippen molar-refractivity contribution in [2.45, 2.75) is 393 Å². The topological polar surface area (TPSA) is 237 Å². The first-order valence-electron chi connectivity index (χ1n) is 41.2. The summed E-state index contributed by atoms with van der Waals surface area (Å²) in [6.45, 7) is 4.77. The number of hydrogen-bond donors (Lipinski definition) is 3. The van der Waals surface area contributed by atoms with Crippen LogP contribution in [0.4, 0.5) is 0 Å². The molecule has 0 heterocycles. The molecule has 0 saturated carbocycles. The van der Waals surface area contributed by atoms with Crippen molar-refractivity contribution in [3.8, 4) is 0 Å². The molecule has 0 aliphatic heterocycles. The van der Waals surface area contributed by atoms with Gasteiger partial charge in [0.1, 0.15) is 19.3 Å². The third-order valence-electron chi connectivity index (χ3n) is 17.7. The molecule has 0 radical (unpaired) electrons. The van der Waals surface area contributed by atoms with Gasteiger partial charge in [-0.3, -0.25) is 37.3 Å². The Morgan fingerprint density at radius 1 is 0.284 bits per heavy atom. The first-order valence-corrected chi connectivity index (χ1v) is 44.2. The van der Waals surface area contributed by atoms with Crippen LogP contribution in [0.3, 0.4) is 0 Å². The predicted molar refractivity (Wildman–Crippen MR) is 418 cm³/mol. The van der Waals surface area contributed by atoms with E-state index in [-0.39, 0.29) is 25.7 Å². The fraction of sp³-hybridized carbons (Fsp3) is 0.807. The first-order chi connectivity index (χ1) is 49.7. The van der Waals surface area contributed by atoms with E-state index in [1.54, 1.807) is 0 Å². The van der Waals surface area contributed by atoms with Crippen LogP contribution >= 0.6 is 15.6 Å². The standard InChI is InChI=1S/C83H150O17P2/c1-5-9-13-17-21-25-29-33-36-37-38-39-42-46-50-54-58-62-66-70-83(88)100-79(74-94-81(86)68-64-60-56-52-48-44-40-34-30-26-22-18-14-10-6-2)76-98-102(91,92)96-72-77(84)71-95-101(89,90)97-75-78(73-93-80(85)67-63-59-55-51-47-43-32-28-24-20-16-12-8-4)99-82(87)69-65-61-57-53-49-45-41-35-31-27-23-19-15-11-7-3/h9,13,21,25,33,36,38-39,46,50,58,62,77-79,84H,5-8,10-12,14-20,22-24,26-32,34-35,37,40-45,47-49,51-57,59-61,63-76H2,1-4H3,(H,89,90)(H,91,92)/b13-9-,25-21-,36-33-,39-38-,50-46-,62-58-/t77-,78+,79+/m0/s1. The van der Waals surface area contributed by atoms with E-state index < -0.39 is 97.5 Å². The van der Waals surface area contributed by atoms with Crippen molar-refractivity contribution in [2.24, 2.45) is 0 Å². The van der Waals surface area contributed by atoms with Crippen LogP contribution in [0.15, 0.2) is 72.9 Å². The van der Waals surface area contributed by atoms with Crippen LogP contribution in [0.25, 0.3) is 0 Å². The second-order valence-corrected chi connectivity index (χ2v) is 30.6. The zero-order valence-electron chi connectivity index (χ0n) is 65.0. The lowest BCUT2D eigenvalue weighted by molar-refractivity contribution is -0.161. The van der Waals surface area contributed by atoms with Crippen LogP contribution in [-0.2, 0) is 65.4 Å². The van der Waals surface area contributed by atoms with Crippen molar-refractivity contribution in [1.29, 1.82) is 0 Å². The molecule has 3 N–H and O–H groups in total. The lowest BCUT2D eigenvalue weighted by Crippen LogP contribution is -2.30. The number of rotatable bonds is 78. The van der Waals surface area contributed by atoms with Gasteiger partial charge < -0.3 is 33.8 Å². The van der Waals surface area contributed by atoms with Gasteiger partial charge in [0.15, 0.2) is 12.2 Å². The van der Waals surface area contributed by atoms with E-state index in [1.165, 1.54) is 193 Å². The monoisotopic (exact) mass is 1480 g/mol. The highest BCUT2D eigenvalue weighted by atomic mass is 31.2. The fourth-order valence-electron chi connectivity index (χ4n) is 11.5. The molecule has 0 rings (SSSR count). The molecule has 0 aromatic rings. The maximum atomic E-state index is 13.1. The Morgan fingerprint density at radius 2 is 0.510 bits per heavy atom. The summed E-state index contributed by atoms with van der Waals surface area (Å²) in [6, 6.07) is 0. The molecule has 2 unspecified atom stereocenters. The number of aliphatic hydroxyl groups is 1. The summed E-state index contributed by atoms with van der Waals surface area (Å²) >= 11 is 0. The van der Waals surface area contributed by atoms with Crippen molar-refractivity contribution in [3.05, 3.63) is 72.9 Å². The summed E-state index contributed by atoms with van der Waals surface area (Å²) in [6.07, 6.45) is 77.4. The highest BCUT2D eigenvalue weighted by Crippen LogP contribution is 2.45. The van der Waals surface area contributed by atoms with Crippen LogP contribution in [0.2, 0.25) is 0 Å². The van der Waals surface area contributed by atoms with Gasteiger partial charge in [0.25, 0.3) is 0 Å². The summed E-state index contributed by atoms with van der Waals surface area (Å²) in [5.41, 5.74) is 0. The largest absolute Gasteiger partial charge is 0.472 e. The van der Waals surface area contributed by atoms with Crippen LogP contribution in [0, 0.1) is 0 Å². The Balaban J connectivity index is 5.38. The summed E-state index contributed by atoms with van der Waals surface area (Å²) in [7, 11) is -9.96. The predicted octanol–water partition coefficient (Wildman–Crippen LogP) is 24.0. The Bertz CT molecular complexity index is 2210. The van der Waals surface area contributed by atoms with E-state index in [1.807, 2.05) is 18.2 Å². The number of ether oxygens (including phenoxy) is 4. The summed E-state index contributed by atoms with van der Waals surface area (Å²) in [5, 5.41) is 10.6. The summed E-state index contributed by atoms with van der Waals surface area (Å²) in [4.78, 5) is 73.0. The van der Waals surface area contributed by atoms with Gasteiger partial charge in [0.05, 0.1) is 26.4 Å². The number of phosphoric ester groups is 2. The molecule has 17 nitrogen and oxygen atoms in total. The number of aliphatic hydroxyl groups excluding tert-OH is 1. The number of carbonyl (C=O) groups excluding carboxylic acids is 4. The maximum Gasteiger partial charge on any atom is 0.472 e. The molecule has 0 aromatic heterocycles. The van der Waals surface area contributed by atoms with Crippen LogP contribution in [0.1, 0.15) is 374 Å². The third kappa shape index (κ3) is 74.8. The van der Waals surface area contributed by atoms with E-state index in [0.29, 0.717) is 32.1 Å². The quantitative estimate of drug-likeness (QED) is 0.0169. The molecule has 0 spiro atoms. The fourth-order valence-corrected chi connectivity index (χ4v) is 13.1. The van der Waals surface area contributed by atoms with Gasteiger partial charge in [0, 0.05) is 25.7 Å². The van der Waals surface area contributed by atoms with Gasteiger partial charge in [-0.15, -0.1) is 0 Å². The van der Waals surface area contributed by atoms with Gasteiger partial charge in [-0.05, 0) is 64.2 Å². The molecule has 594 valence electrons. The molecule has 0 aromatic carbocycles. The van der Waals surface area contributed by atoms with Crippen LogP contribution in [0.5, 0.6) is 0 Å². The average Bonchev–Trinajstić information content (AvgIpc) is 1.21. The van der Waals surface area contributed by atoms with Gasteiger partial charge in [0.2, 0.25) is 0 Å². The molecule has 0 bridgehead atoms. The minimum atomic E-state index is -4.99. The van der Waals surface area contributed by atoms with E-state index in [2.05, 4.69) is 82.4 Å². The second-order valence-electron chi connectivity index (χ2n) is 27.7. The molecule has 0 aliphatic rings. The molecular weight excluding hydrogens is 1330 g/mol. The first kappa shape index (κ1) is 98.5. The van der Waals surface area contributed by atoms with E-state index in [9.17, 15) is 43.2 Å². The zero-order valence-corrected chi connectivity index (χ0v) is 66.8.